The van der Waals surface area contributed by atoms with E-state index < -0.39 is 11.8 Å². The number of aliphatic hydroxyl groups is 1. The van der Waals surface area contributed by atoms with Crippen LogP contribution in [-0.2, 0) is 9.59 Å². The topological polar surface area (TPSA) is 72.9 Å². The molecule has 108 valence electrons. The van der Waals surface area contributed by atoms with Crippen molar-refractivity contribution < 1.29 is 14.7 Å². The van der Waals surface area contributed by atoms with Crippen molar-refractivity contribution in [3.63, 3.8) is 0 Å². The van der Waals surface area contributed by atoms with Crippen LogP contribution in [0.1, 0.15) is 0 Å². The van der Waals surface area contributed by atoms with Gasteiger partial charge in [0.25, 0.3) is 0 Å². The highest BCUT2D eigenvalue weighted by molar-refractivity contribution is 6.39. The molecule has 0 aromatic heterocycles. The second-order valence-corrected chi connectivity index (χ2v) is 4.68. The summed E-state index contributed by atoms with van der Waals surface area (Å²) >= 11 is 0. The number of piperazine rings is 1. The van der Waals surface area contributed by atoms with Crippen molar-refractivity contribution in [3.8, 4) is 0 Å². The Morgan fingerprint density at radius 3 is 2.35 bits per heavy atom. The van der Waals surface area contributed by atoms with E-state index in [-0.39, 0.29) is 6.61 Å². The van der Waals surface area contributed by atoms with Crippen LogP contribution < -0.4 is 5.32 Å². The van der Waals surface area contributed by atoms with Crippen LogP contribution in [0.15, 0.2) is 30.3 Å². The lowest BCUT2D eigenvalue weighted by molar-refractivity contribution is -0.144. The Bertz CT molecular complexity index is 456. The van der Waals surface area contributed by atoms with Gasteiger partial charge in [-0.1, -0.05) is 18.2 Å². The number of nitrogens with one attached hydrogen (secondary N) is 1. The van der Waals surface area contributed by atoms with Crippen LogP contribution in [0.4, 0.5) is 5.69 Å². The minimum absolute atomic E-state index is 0.114. The molecular formula is C14H19N3O3. The highest BCUT2D eigenvalue weighted by Crippen LogP contribution is 2.07. The molecule has 1 aliphatic rings. The zero-order valence-corrected chi connectivity index (χ0v) is 11.3. The van der Waals surface area contributed by atoms with E-state index in [2.05, 4.69) is 10.2 Å². The number of nitrogens with zero attached hydrogens (tertiary/aromatic N) is 2. The second kappa shape index (κ2) is 7.02. The Morgan fingerprint density at radius 2 is 1.75 bits per heavy atom. The summed E-state index contributed by atoms with van der Waals surface area (Å²) in [7, 11) is 0. The van der Waals surface area contributed by atoms with E-state index >= 15 is 0 Å². The quantitative estimate of drug-likeness (QED) is 0.748. The van der Waals surface area contributed by atoms with Gasteiger partial charge in [0.15, 0.2) is 0 Å². The first-order valence-corrected chi connectivity index (χ1v) is 6.69. The number of hydrogen-bond donors (Lipinski definition) is 2. The molecule has 1 aliphatic heterocycles. The van der Waals surface area contributed by atoms with Crippen LogP contribution in [0.2, 0.25) is 0 Å². The highest BCUT2D eigenvalue weighted by Gasteiger charge is 2.25. The summed E-state index contributed by atoms with van der Waals surface area (Å²) in [5.41, 5.74) is 0.616. The predicted octanol–water partition coefficient (Wildman–Crippen LogP) is -0.238. The SMILES string of the molecule is O=C(Nc1ccccc1)C(=O)N1CCN(CCO)CC1. The smallest absolute Gasteiger partial charge is 0.313 e. The maximum atomic E-state index is 12.0. The van der Waals surface area contributed by atoms with Crippen molar-refractivity contribution >= 4 is 17.5 Å². The lowest BCUT2D eigenvalue weighted by atomic mass is 10.3. The first-order chi connectivity index (χ1) is 9.70. The lowest BCUT2D eigenvalue weighted by Crippen LogP contribution is -2.51. The monoisotopic (exact) mass is 277 g/mol. The molecule has 0 radical (unpaired) electrons. The van der Waals surface area contributed by atoms with Crippen molar-refractivity contribution in [2.24, 2.45) is 0 Å². The number of anilines is 1. The van der Waals surface area contributed by atoms with E-state index in [9.17, 15) is 9.59 Å². The Balaban J connectivity index is 1.84. The molecule has 1 aromatic carbocycles. The summed E-state index contributed by atoms with van der Waals surface area (Å²) in [5.74, 6) is -1.11. The van der Waals surface area contributed by atoms with Gasteiger partial charge in [-0.05, 0) is 12.1 Å². The van der Waals surface area contributed by atoms with Gasteiger partial charge in [0, 0.05) is 38.4 Å². The standard InChI is InChI=1S/C14H19N3O3/c18-11-10-16-6-8-17(9-7-16)14(20)13(19)15-12-4-2-1-3-5-12/h1-5,18H,6-11H2,(H,15,19). The average Bonchev–Trinajstić information content (AvgIpc) is 2.48. The maximum Gasteiger partial charge on any atom is 0.313 e. The van der Waals surface area contributed by atoms with Crippen molar-refractivity contribution in [1.82, 2.24) is 9.80 Å². The predicted molar refractivity (Wildman–Crippen MR) is 75.2 cm³/mol. The van der Waals surface area contributed by atoms with E-state index in [1.54, 1.807) is 29.2 Å². The molecular weight excluding hydrogens is 258 g/mol. The molecule has 0 atom stereocenters. The Labute approximate surface area is 118 Å². The number of β-amino-alcohol motifs (C(OH)–C–C–N with tert-alkyl or cyclic N) is 1. The molecule has 6 heteroatoms. The number of rotatable bonds is 3. The summed E-state index contributed by atoms with van der Waals surface area (Å²) < 4.78 is 0. The zero-order valence-electron chi connectivity index (χ0n) is 11.3. The van der Waals surface area contributed by atoms with Crippen molar-refractivity contribution in [2.45, 2.75) is 0 Å². The summed E-state index contributed by atoms with van der Waals surface area (Å²) in [6.07, 6.45) is 0. The van der Waals surface area contributed by atoms with Gasteiger partial charge in [-0.3, -0.25) is 14.5 Å². The number of amides is 2. The third-order valence-electron chi connectivity index (χ3n) is 3.30. The molecule has 1 aromatic rings. The number of carbonyl (C=O) groups excluding carboxylic acids is 2. The van der Waals surface area contributed by atoms with Gasteiger partial charge in [0.1, 0.15) is 0 Å². The van der Waals surface area contributed by atoms with E-state index in [4.69, 9.17) is 5.11 Å². The maximum absolute atomic E-state index is 12.0. The summed E-state index contributed by atoms with van der Waals surface area (Å²) in [6.45, 7) is 3.12. The Morgan fingerprint density at radius 1 is 1.10 bits per heavy atom. The number of carbonyl (C=O) groups is 2. The molecule has 0 aliphatic carbocycles. The molecule has 6 nitrogen and oxygen atoms in total. The minimum atomic E-state index is -0.605. The van der Waals surface area contributed by atoms with E-state index in [0.717, 1.165) is 0 Å². The van der Waals surface area contributed by atoms with E-state index in [0.29, 0.717) is 38.4 Å². The van der Waals surface area contributed by atoms with Gasteiger partial charge in [-0.15, -0.1) is 0 Å². The normalized spacial score (nSPS) is 15.9. The molecule has 1 saturated heterocycles. The number of benzene rings is 1. The van der Waals surface area contributed by atoms with Crippen LogP contribution in [0.5, 0.6) is 0 Å². The Kier molecular flexibility index (Phi) is 5.09. The Hall–Kier alpha value is -1.92. The minimum Gasteiger partial charge on any atom is -0.395 e. The van der Waals surface area contributed by atoms with Gasteiger partial charge in [-0.2, -0.15) is 0 Å². The molecule has 0 spiro atoms. The fraction of sp³-hybridized carbons (Fsp3) is 0.429. The first-order valence-electron chi connectivity index (χ1n) is 6.69. The van der Waals surface area contributed by atoms with Crippen LogP contribution in [0, 0.1) is 0 Å². The molecule has 2 rings (SSSR count). The molecule has 0 unspecified atom stereocenters. The van der Waals surface area contributed by atoms with Crippen LogP contribution in [0.25, 0.3) is 0 Å². The molecule has 2 amide bonds. The molecule has 1 heterocycles. The fourth-order valence-corrected chi connectivity index (χ4v) is 2.17. The summed E-state index contributed by atoms with van der Waals surface area (Å²) in [6, 6.07) is 8.92. The average molecular weight is 277 g/mol. The van der Waals surface area contributed by atoms with Crippen LogP contribution in [0.3, 0.4) is 0 Å². The zero-order chi connectivity index (χ0) is 14.4. The van der Waals surface area contributed by atoms with Gasteiger partial charge in [0.05, 0.1) is 6.61 Å². The van der Waals surface area contributed by atoms with Crippen LogP contribution in [-0.4, -0.2) is 66.1 Å². The molecule has 2 N–H and O–H groups in total. The molecule has 1 fully saturated rings. The van der Waals surface area contributed by atoms with Gasteiger partial charge in [0.2, 0.25) is 0 Å². The van der Waals surface area contributed by atoms with Crippen molar-refractivity contribution in [3.05, 3.63) is 30.3 Å². The largest absolute Gasteiger partial charge is 0.395 e. The third-order valence-corrected chi connectivity index (χ3v) is 3.30. The summed E-state index contributed by atoms with van der Waals surface area (Å²) in [5, 5.41) is 11.5. The van der Waals surface area contributed by atoms with Gasteiger partial charge in [-0.25, -0.2) is 0 Å². The lowest BCUT2D eigenvalue weighted by Gasteiger charge is -2.33. The fourth-order valence-electron chi connectivity index (χ4n) is 2.17. The summed E-state index contributed by atoms with van der Waals surface area (Å²) in [4.78, 5) is 27.5. The number of aliphatic hydroxyl groups excluding tert-OH is 1. The van der Waals surface area contributed by atoms with Crippen LogP contribution >= 0.6 is 0 Å². The van der Waals surface area contributed by atoms with Gasteiger partial charge >= 0.3 is 11.8 Å². The van der Waals surface area contributed by atoms with Crippen molar-refractivity contribution in [2.75, 3.05) is 44.6 Å². The van der Waals surface area contributed by atoms with Crippen molar-refractivity contribution in [1.29, 1.82) is 0 Å². The molecule has 20 heavy (non-hydrogen) atoms. The molecule has 0 saturated carbocycles. The second-order valence-electron chi connectivity index (χ2n) is 4.68. The molecule has 0 bridgehead atoms. The van der Waals surface area contributed by atoms with Gasteiger partial charge < -0.3 is 15.3 Å². The van der Waals surface area contributed by atoms with E-state index in [1.165, 1.54) is 0 Å². The number of para-hydroxylation sites is 1. The third kappa shape index (κ3) is 3.79. The highest BCUT2D eigenvalue weighted by atomic mass is 16.3. The first kappa shape index (κ1) is 14.5. The number of hydrogen-bond acceptors (Lipinski definition) is 4. The van der Waals surface area contributed by atoms with E-state index in [1.807, 2.05) is 6.07 Å².